The van der Waals surface area contributed by atoms with Gasteiger partial charge in [-0.1, -0.05) is 42.5 Å². The van der Waals surface area contributed by atoms with Gasteiger partial charge in [0, 0.05) is 23.6 Å². The Bertz CT molecular complexity index is 1220. The fraction of sp³-hybridized carbons (Fsp3) is 0.344. The summed E-state index contributed by atoms with van der Waals surface area (Å²) in [6.07, 6.45) is 3.63. The molecule has 212 valence electrons. The molecule has 0 bridgehead atoms. The van der Waals surface area contributed by atoms with E-state index in [2.05, 4.69) is 5.32 Å². The molecule has 1 aliphatic carbocycles. The Morgan fingerprint density at radius 1 is 0.900 bits per heavy atom. The fourth-order valence-corrected chi connectivity index (χ4v) is 4.57. The highest BCUT2D eigenvalue weighted by molar-refractivity contribution is 5.94. The van der Waals surface area contributed by atoms with Crippen LogP contribution < -0.4 is 21.5 Å². The van der Waals surface area contributed by atoms with Crippen LogP contribution in [0.5, 0.6) is 5.75 Å². The number of aliphatic carboxylic acids is 1. The number of hydrogen-bond donors (Lipinski definition) is 4. The van der Waals surface area contributed by atoms with Gasteiger partial charge < -0.3 is 26.6 Å². The van der Waals surface area contributed by atoms with Crippen LogP contribution in [0.4, 0.5) is 5.69 Å². The monoisotopic (exact) mass is 545 g/mol. The molecule has 8 nitrogen and oxygen atoms in total. The summed E-state index contributed by atoms with van der Waals surface area (Å²) >= 11 is 0. The van der Waals surface area contributed by atoms with Crippen molar-refractivity contribution in [2.24, 2.45) is 17.6 Å². The third-order valence-electron chi connectivity index (χ3n) is 7.09. The van der Waals surface area contributed by atoms with Gasteiger partial charge in [0.15, 0.2) is 5.78 Å². The molecule has 0 saturated heterocycles. The number of carbonyl (C=O) groups excluding carboxylic acids is 2. The van der Waals surface area contributed by atoms with Crippen molar-refractivity contribution in [1.82, 2.24) is 5.32 Å². The Kier molecular flexibility index (Phi) is 11.7. The van der Waals surface area contributed by atoms with Crippen LogP contribution in [0.1, 0.15) is 54.1 Å². The number of Topliss-reactive ketones (excluding diaryl/α,β-unsaturated/α-hetero) is 1. The molecule has 0 unspecified atom stereocenters. The molecule has 1 aliphatic rings. The zero-order valence-electron chi connectivity index (χ0n) is 22.9. The lowest BCUT2D eigenvalue weighted by molar-refractivity contribution is -0.142. The first-order chi connectivity index (χ1) is 19.2. The van der Waals surface area contributed by atoms with Crippen LogP contribution in [0.25, 0.3) is 0 Å². The van der Waals surface area contributed by atoms with Crippen LogP contribution in [0.2, 0.25) is 0 Å². The number of nitrogens with one attached hydrogen (secondary N) is 1. The number of amides is 1. The summed E-state index contributed by atoms with van der Waals surface area (Å²) in [5.74, 6) is -0.0466. The summed E-state index contributed by atoms with van der Waals surface area (Å²) in [4.78, 5) is 35.0. The molecule has 1 amide bonds. The van der Waals surface area contributed by atoms with Gasteiger partial charge in [0.25, 0.3) is 0 Å². The Hall–Kier alpha value is -4.17. The van der Waals surface area contributed by atoms with E-state index in [0.29, 0.717) is 30.3 Å². The lowest BCUT2D eigenvalue weighted by Gasteiger charge is -2.27. The summed E-state index contributed by atoms with van der Waals surface area (Å²) in [7, 11) is 0. The molecule has 1 fully saturated rings. The third-order valence-corrected chi connectivity index (χ3v) is 7.09. The van der Waals surface area contributed by atoms with E-state index >= 15 is 0 Å². The summed E-state index contributed by atoms with van der Waals surface area (Å²) in [6, 6.07) is 23.2. The molecule has 3 aromatic rings. The average Bonchev–Trinajstić information content (AvgIpc) is 2.97. The van der Waals surface area contributed by atoms with Crippen molar-refractivity contribution in [3.8, 4) is 5.75 Å². The summed E-state index contributed by atoms with van der Waals surface area (Å²) < 4.78 is 5.77. The molecule has 40 heavy (non-hydrogen) atoms. The highest BCUT2D eigenvalue weighted by Crippen LogP contribution is 2.28. The quantitative estimate of drug-likeness (QED) is 0.215. The number of ketones is 1. The molecule has 6 N–H and O–H groups in total. The molecular weight excluding hydrogens is 506 g/mol. The van der Waals surface area contributed by atoms with E-state index in [-0.39, 0.29) is 24.0 Å². The normalized spacial score (nSPS) is 17.1. The van der Waals surface area contributed by atoms with Crippen molar-refractivity contribution in [3.05, 3.63) is 95.6 Å². The van der Waals surface area contributed by atoms with Gasteiger partial charge in [-0.2, -0.15) is 0 Å². The molecule has 1 atom stereocenters. The van der Waals surface area contributed by atoms with Gasteiger partial charge in [-0.3, -0.25) is 9.59 Å². The smallest absolute Gasteiger partial charge is 0.326 e. The van der Waals surface area contributed by atoms with E-state index in [1.54, 1.807) is 24.3 Å². The third kappa shape index (κ3) is 9.85. The van der Waals surface area contributed by atoms with E-state index in [1.807, 2.05) is 54.6 Å². The summed E-state index contributed by atoms with van der Waals surface area (Å²) in [6.45, 7) is 2.66. The number of nitrogen functional groups attached to an aromatic ring is 1. The second kappa shape index (κ2) is 15.4. The number of anilines is 1. The van der Waals surface area contributed by atoms with Crippen LogP contribution in [0, 0.1) is 11.8 Å². The molecule has 4 rings (SSSR count). The Morgan fingerprint density at radius 3 is 2.08 bits per heavy atom. The molecular formula is C32H39N3O5. The fourth-order valence-electron chi connectivity index (χ4n) is 4.57. The topological polar surface area (TPSA) is 145 Å². The van der Waals surface area contributed by atoms with Crippen molar-refractivity contribution in [3.63, 3.8) is 0 Å². The van der Waals surface area contributed by atoms with Gasteiger partial charge in [-0.05, 0) is 92.6 Å². The average molecular weight is 546 g/mol. The van der Waals surface area contributed by atoms with Gasteiger partial charge in [-0.15, -0.1) is 0 Å². The molecule has 0 spiro atoms. The van der Waals surface area contributed by atoms with Crippen molar-refractivity contribution < 1.29 is 24.2 Å². The van der Waals surface area contributed by atoms with Crippen molar-refractivity contribution in [2.75, 3.05) is 12.3 Å². The maximum absolute atomic E-state index is 12.5. The molecule has 8 heteroatoms. The number of rotatable bonds is 10. The second-order valence-corrected chi connectivity index (χ2v) is 10.2. The zero-order chi connectivity index (χ0) is 28.9. The van der Waals surface area contributed by atoms with Crippen LogP contribution in [-0.2, 0) is 22.6 Å². The van der Waals surface area contributed by atoms with Gasteiger partial charge in [0.1, 0.15) is 18.4 Å². The van der Waals surface area contributed by atoms with Gasteiger partial charge >= 0.3 is 5.97 Å². The van der Waals surface area contributed by atoms with E-state index in [1.165, 1.54) is 6.92 Å². The first-order valence-electron chi connectivity index (χ1n) is 13.6. The van der Waals surface area contributed by atoms with Crippen molar-refractivity contribution in [2.45, 2.75) is 51.7 Å². The number of carbonyl (C=O) groups is 3. The predicted molar refractivity (Wildman–Crippen MR) is 156 cm³/mol. The predicted octanol–water partition coefficient (Wildman–Crippen LogP) is 4.61. The Morgan fingerprint density at radius 2 is 1.52 bits per heavy atom. The first-order valence-corrected chi connectivity index (χ1v) is 13.6. The van der Waals surface area contributed by atoms with E-state index in [9.17, 15) is 19.5 Å². The SMILES string of the molecule is CC(=O)c1ccc(N)cc1.NCC1CCC(C(=O)N[C@@H](Cc2ccc(OCc3ccccc3)cc2)C(=O)O)CC1. The van der Waals surface area contributed by atoms with E-state index in [0.717, 1.165) is 42.6 Å². The maximum atomic E-state index is 12.5. The molecule has 1 saturated carbocycles. The van der Waals surface area contributed by atoms with E-state index < -0.39 is 12.0 Å². The number of benzene rings is 3. The molecule has 0 heterocycles. The molecule has 0 aromatic heterocycles. The van der Waals surface area contributed by atoms with Gasteiger partial charge in [-0.25, -0.2) is 4.79 Å². The zero-order valence-corrected chi connectivity index (χ0v) is 22.9. The summed E-state index contributed by atoms with van der Waals surface area (Å²) in [5, 5.41) is 12.3. The highest BCUT2D eigenvalue weighted by Gasteiger charge is 2.29. The molecule has 0 radical (unpaired) electrons. The van der Waals surface area contributed by atoms with Crippen molar-refractivity contribution >= 4 is 23.3 Å². The minimum atomic E-state index is -1.02. The maximum Gasteiger partial charge on any atom is 0.326 e. The highest BCUT2D eigenvalue weighted by atomic mass is 16.5. The first kappa shape index (κ1) is 30.4. The van der Waals surface area contributed by atoms with Crippen LogP contribution in [0.3, 0.4) is 0 Å². The second-order valence-electron chi connectivity index (χ2n) is 10.2. The van der Waals surface area contributed by atoms with Crippen LogP contribution in [0.15, 0.2) is 78.9 Å². The Labute approximate surface area is 235 Å². The lowest BCUT2D eigenvalue weighted by atomic mass is 9.81. The van der Waals surface area contributed by atoms with Crippen LogP contribution in [-0.4, -0.2) is 35.4 Å². The number of carboxylic acids is 1. The van der Waals surface area contributed by atoms with Gasteiger partial charge in [0.2, 0.25) is 5.91 Å². The van der Waals surface area contributed by atoms with Crippen LogP contribution >= 0.6 is 0 Å². The minimum absolute atomic E-state index is 0.0694. The molecule has 0 aliphatic heterocycles. The lowest BCUT2D eigenvalue weighted by Crippen LogP contribution is -2.45. The number of nitrogens with two attached hydrogens (primary N) is 2. The molecule has 3 aromatic carbocycles. The Balaban J connectivity index is 0.000000371. The standard InChI is InChI=1S/C24H30N2O4.C8H9NO/c25-15-18-6-10-20(11-7-18)23(27)26-22(24(28)29)14-17-8-12-21(13-9-17)30-16-19-4-2-1-3-5-19;1-6(10)7-2-4-8(9)5-3-7/h1-5,8-9,12-13,18,20,22H,6-7,10-11,14-16,25H2,(H,26,27)(H,28,29);2-5H,9H2,1H3/t18?,20?,22-;/m0./s1. The van der Waals surface area contributed by atoms with Crippen molar-refractivity contribution in [1.29, 1.82) is 0 Å². The van der Waals surface area contributed by atoms with E-state index in [4.69, 9.17) is 16.2 Å². The largest absolute Gasteiger partial charge is 0.489 e. The summed E-state index contributed by atoms with van der Waals surface area (Å²) in [5.41, 5.74) is 14.4. The number of carboxylic acid groups (broad SMARTS) is 1. The number of ether oxygens (including phenoxy) is 1. The number of hydrogen-bond acceptors (Lipinski definition) is 6. The van der Waals surface area contributed by atoms with Gasteiger partial charge in [0.05, 0.1) is 0 Å². The minimum Gasteiger partial charge on any atom is -0.489 e.